The molecule has 0 aromatic rings. The average Bonchev–Trinajstić information content (AvgIpc) is 3.21. The molecule has 11 heteroatoms. The van der Waals surface area contributed by atoms with Crippen LogP contribution >= 0.6 is 0 Å². The zero-order chi connectivity index (χ0) is 41.9. The molecule has 0 spiro atoms. The normalized spacial score (nSPS) is 22.2. The Balaban J connectivity index is 2.30. The molecule has 0 radical (unpaired) electrons. The maximum Gasteiger partial charge on any atom is 0.249 e. The SMILES string of the molecule is CCCCCCCCCCCCCC/C=C\CCCCCCCCCC(O)C(=O)NC(COC1OC(CO)C(O)C(O)C1O)C(O)C(O)CCCCCCCCC. The lowest BCUT2D eigenvalue weighted by atomic mass is 9.98. The predicted octanol–water partition coefficient (Wildman–Crippen LogP) is 7.67. The Bertz CT molecular complexity index is 939. The minimum absolute atomic E-state index is 0.257. The van der Waals surface area contributed by atoms with E-state index in [1.807, 2.05) is 0 Å². The molecular formula is C46H89NO10. The largest absolute Gasteiger partial charge is 0.394 e. The van der Waals surface area contributed by atoms with Crippen molar-refractivity contribution < 1.29 is 50.0 Å². The number of hydrogen-bond acceptors (Lipinski definition) is 10. The first-order valence-corrected chi connectivity index (χ1v) is 23.6. The molecule has 57 heavy (non-hydrogen) atoms. The number of ether oxygens (including phenoxy) is 2. The Labute approximate surface area is 347 Å². The van der Waals surface area contributed by atoms with Gasteiger partial charge in [-0.25, -0.2) is 0 Å². The van der Waals surface area contributed by atoms with E-state index in [1.54, 1.807) is 0 Å². The van der Waals surface area contributed by atoms with Crippen molar-refractivity contribution in [3.8, 4) is 0 Å². The highest BCUT2D eigenvalue weighted by molar-refractivity contribution is 5.80. The van der Waals surface area contributed by atoms with Crippen LogP contribution in [0.3, 0.4) is 0 Å². The zero-order valence-electron chi connectivity index (χ0n) is 36.3. The van der Waals surface area contributed by atoms with Gasteiger partial charge < -0.3 is 50.5 Å². The number of nitrogens with one attached hydrogen (secondary N) is 1. The monoisotopic (exact) mass is 816 g/mol. The third-order valence-electron chi connectivity index (χ3n) is 11.6. The second-order valence-corrected chi connectivity index (χ2v) is 16.8. The van der Waals surface area contributed by atoms with Crippen LogP contribution in [0.2, 0.25) is 0 Å². The predicted molar refractivity (Wildman–Crippen MR) is 229 cm³/mol. The molecule has 11 nitrogen and oxygen atoms in total. The number of carbonyl (C=O) groups is 1. The summed E-state index contributed by atoms with van der Waals surface area (Å²) in [5.74, 6) is -0.702. The van der Waals surface area contributed by atoms with E-state index in [9.17, 15) is 40.5 Å². The van der Waals surface area contributed by atoms with E-state index in [2.05, 4.69) is 31.3 Å². The molecule has 9 unspecified atom stereocenters. The highest BCUT2D eigenvalue weighted by atomic mass is 16.7. The minimum Gasteiger partial charge on any atom is -0.394 e. The third-order valence-corrected chi connectivity index (χ3v) is 11.6. The second kappa shape index (κ2) is 36.7. The fraction of sp³-hybridized carbons (Fsp3) is 0.935. The molecule has 1 amide bonds. The van der Waals surface area contributed by atoms with E-state index >= 15 is 0 Å². The van der Waals surface area contributed by atoms with Crippen LogP contribution in [-0.4, -0.2) is 110 Å². The molecule has 0 saturated carbocycles. The van der Waals surface area contributed by atoms with Gasteiger partial charge in [0.05, 0.1) is 25.4 Å². The molecule has 0 aromatic heterocycles. The fourth-order valence-corrected chi connectivity index (χ4v) is 7.61. The Hall–Kier alpha value is -1.15. The molecule has 0 aliphatic carbocycles. The van der Waals surface area contributed by atoms with Crippen LogP contribution in [0, 0.1) is 0 Å². The molecule has 0 bridgehead atoms. The molecule has 1 rings (SSSR count). The first kappa shape index (κ1) is 53.9. The van der Waals surface area contributed by atoms with Gasteiger partial charge in [-0.2, -0.15) is 0 Å². The van der Waals surface area contributed by atoms with Crippen LogP contribution in [0.1, 0.15) is 206 Å². The van der Waals surface area contributed by atoms with Gasteiger partial charge >= 0.3 is 0 Å². The van der Waals surface area contributed by atoms with Gasteiger partial charge in [0.1, 0.15) is 36.6 Å². The summed E-state index contributed by atoms with van der Waals surface area (Å²) in [6.07, 6.45) is 27.3. The van der Waals surface area contributed by atoms with E-state index in [1.165, 1.54) is 116 Å². The summed E-state index contributed by atoms with van der Waals surface area (Å²) < 4.78 is 11.0. The van der Waals surface area contributed by atoms with Crippen LogP contribution in [0.5, 0.6) is 0 Å². The van der Waals surface area contributed by atoms with Gasteiger partial charge in [0.2, 0.25) is 5.91 Å². The zero-order valence-corrected chi connectivity index (χ0v) is 36.3. The van der Waals surface area contributed by atoms with E-state index < -0.39 is 74.2 Å². The molecule has 1 fully saturated rings. The van der Waals surface area contributed by atoms with Gasteiger partial charge in [0.25, 0.3) is 0 Å². The summed E-state index contributed by atoms with van der Waals surface area (Å²) >= 11 is 0. The van der Waals surface area contributed by atoms with Gasteiger partial charge in [-0.3, -0.25) is 4.79 Å². The van der Waals surface area contributed by atoms with E-state index in [-0.39, 0.29) is 6.42 Å². The van der Waals surface area contributed by atoms with E-state index in [0.717, 1.165) is 51.4 Å². The van der Waals surface area contributed by atoms with Crippen molar-refractivity contribution in [2.45, 2.75) is 262 Å². The molecule has 1 heterocycles. The van der Waals surface area contributed by atoms with Crippen LogP contribution in [0.25, 0.3) is 0 Å². The number of unbranched alkanes of at least 4 members (excludes halogenated alkanes) is 25. The number of allylic oxidation sites excluding steroid dienone is 2. The van der Waals surface area contributed by atoms with Gasteiger partial charge in [-0.1, -0.05) is 180 Å². The van der Waals surface area contributed by atoms with Crippen molar-refractivity contribution in [3.63, 3.8) is 0 Å². The number of rotatable bonds is 39. The smallest absolute Gasteiger partial charge is 0.249 e. The van der Waals surface area contributed by atoms with Crippen molar-refractivity contribution in [2.24, 2.45) is 0 Å². The molecule has 1 saturated heterocycles. The maximum atomic E-state index is 13.0. The van der Waals surface area contributed by atoms with Crippen molar-refractivity contribution in [1.82, 2.24) is 5.32 Å². The maximum absolute atomic E-state index is 13.0. The van der Waals surface area contributed by atoms with Gasteiger partial charge in [-0.15, -0.1) is 0 Å². The highest BCUT2D eigenvalue weighted by Crippen LogP contribution is 2.23. The van der Waals surface area contributed by atoms with Crippen LogP contribution in [0.4, 0.5) is 0 Å². The third kappa shape index (κ3) is 26.6. The summed E-state index contributed by atoms with van der Waals surface area (Å²) in [6, 6.07) is -1.16. The fourth-order valence-electron chi connectivity index (χ4n) is 7.61. The van der Waals surface area contributed by atoms with Crippen LogP contribution < -0.4 is 5.32 Å². The lowest BCUT2D eigenvalue weighted by Gasteiger charge is -2.40. The number of hydrogen-bond donors (Lipinski definition) is 8. The van der Waals surface area contributed by atoms with E-state index in [4.69, 9.17) is 9.47 Å². The van der Waals surface area contributed by atoms with Crippen molar-refractivity contribution >= 4 is 5.91 Å². The second-order valence-electron chi connectivity index (χ2n) is 16.8. The summed E-state index contributed by atoms with van der Waals surface area (Å²) in [5.41, 5.74) is 0. The topological polar surface area (TPSA) is 189 Å². The van der Waals surface area contributed by atoms with E-state index in [0.29, 0.717) is 19.3 Å². The highest BCUT2D eigenvalue weighted by Gasteiger charge is 2.44. The molecule has 9 atom stereocenters. The average molecular weight is 816 g/mol. The lowest BCUT2D eigenvalue weighted by molar-refractivity contribution is -0.303. The summed E-state index contributed by atoms with van der Waals surface area (Å²) in [7, 11) is 0. The van der Waals surface area contributed by atoms with Gasteiger partial charge in [0, 0.05) is 0 Å². The lowest BCUT2D eigenvalue weighted by Crippen LogP contribution is -2.60. The molecular weight excluding hydrogens is 727 g/mol. The molecule has 1 aliphatic rings. The summed E-state index contributed by atoms with van der Waals surface area (Å²) in [4.78, 5) is 13.0. The molecule has 8 N–H and O–H groups in total. The van der Waals surface area contributed by atoms with Crippen LogP contribution in [-0.2, 0) is 14.3 Å². The first-order chi connectivity index (χ1) is 27.7. The van der Waals surface area contributed by atoms with Crippen molar-refractivity contribution in [2.75, 3.05) is 13.2 Å². The first-order valence-electron chi connectivity index (χ1n) is 23.6. The number of amides is 1. The standard InChI is InChI=1S/C46H89NO10/c1-3-5-7-9-11-12-13-14-15-16-17-18-19-20-21-22-23-24-25-26-28-30-32-34-39(50)45(55)47-37(41(51)38(49)33-31-29-27-10-8-6-4-2)36-56-46-44(54)43(53)42(52)40(35-48)57-46/h20-21,37-44,46,48-54H,3-19,22-36H2,1-2H3,(H,47,55)/b21-20-. The summed E-state index contributed by atoms with van der Waals surface area (Å²) in [6.45, 7) is 3.38. The minimum atomic E-state index is -1.66. The Morgan fingerprint density at radius 2 is 1.02 bits per heavy atom. The Kier molecular flexibility index (Phi) is 34.7. The molecule has 0 aromatic carbocycles. The van der Waals surface area contributed by atoms with Crippen molar-refractivity contribution in [1.29, 1.82) is 0 Å². The number of aliphatic hydroxyl groups excluding tert-OH is 7. The van der Waals surface area contributed by atoms with Crippen LogP contribution in [0.15, 0.2) is 12.2 Å². The molecule has 338 valence electrons. The Morgan fingerprint density at radius 3 is 1.47 bits per heavy atom. The number of carbonyl (C=O) groups excluding carboxylic acids is 1. The summed E-state index contributed by atoms with van der Waals surface area (Å²) in [5, 5.41) is 75.3. The van der Waals surface area contributed by atoms with Crippen molar-refractivity contribution in [3.05, 3.63) is 12.2 Å². The molecule has 1 aliphatic heterocycles. The Morgan fingerprint density at radius 1 is 0.596 bits per heavy atom. The van der Waals surface area contributed by atoms with Gasteiger partial charge in [-0.05, 0) is 38.5 Å². The quantitative estimate of drug-likeness (QED) is 0.0226. The number of aliphatic hydroxyl groups is 7. The van der Waals surface area contributed by atoms with Gasteiger partial charge in [0.15, 0.2) is 6.29 Å².